The van der Waals surface area contributed by atoms with E-state index in [2.05, 4.69) is 11.9 Å². The molecule has 0 amide bonds. The largest absolute Gasteiger partial charge is 0.426 e. The van der Waals surface area contributed by atoms with Crippen molar-refractivity contribution >= 4 is 10.5 Å². The number of hydrogen-bond acceptors (Lipinski definition) is 2. The summed E-state index contributed by atoms with van der Waals surface area (Å²) in [6.45, 7) is 4.70. The van der Waals surface area contributed by atoms with E-state index in [0.717, 1.165) is 23.5 Å². The Balaban J connectivity index is 2.22. The summed E-state index contributed by atoms with van der Waals surface area (Å²) < 4.78 is 5.11. The van der Waals surface area contributed by atoms with Crippen LogP contribution < -0.4 is 5.32 Å². The Morgan fingerprint density at radius 3 is 3.11 bits per heavy atom. The highest BCUT2D eigenvalue weighted by atomic mass is 28.2. The Labute approximate surface area is 58.8 Å². The van der Waals surface area contributed by atoms with E-state index in [0.29, 0.717) is 6.04 Å². The van der Waals surface area contributed by atoms with E-state index >= 15 is 0 Å². The van der Waals surface area contributed by atoms with Gasteiger partial charge < -0.3 is 9.74 Å². The molecule has 1 rings (SSSR count). The maximum absolute atomic E-state index is 5.11. The van der Waals surface area contributed by atoms with Crippen LogP contribution in [0.5, 0.6) is 0 Å². The van der Waals surface area contributed by atoms with Crippen molar-refractivity contribution in [1.29, 1.82) is 0 Å². The van der Waals surface area contributed by atoms with E-state index in [1.165, 1.54) is 12.1 Å². The summed E-state index contributed by atoms with van der Waals surface area (Å²) in [4.78, 5) is 0. The lowest BCUT2D eigenvalue weighted by atomic mass is 10.2. The van der Waals surface area contributed by atoms with Crippen LogP contribution >= 0.6 is 0 Å². The van der Waals surface area contributed by atoms with Crippen LogP contribution in [0.25, 0.3) is 0 Å². The molecule has 1 saturated heterocycles. The first-order valence-corrected chi connectivity index (χ1v) is 4.08. The minimum Gasteiger partial charge on any atom is -0.426 e. The van der Waals surface area contributed by atoms with E-state index in [9.17, 15) is 0 Å². The van der Waals surface area contributed by atoms with Crippen LogP contribution in [0.2, 0.25) is 0 Å². The van der Waals surface area contributed by atoms with Crippen molar-refractivity contribution in [1.82, 2.24) is 5.32 Å². The second-order valence-electron chi connectivity index (χ2n) is 2.44. The molecule has 0 aromatic rings. The van der Waals surface area contributed by atoms with Gasteiger partial charge in [0.15, 0.2) is 0 Å². The number of hydrogen-bond donors (Lipinski definition) is 1. The molecule has 1 N–H and O–H groups in total. The highest BCUT2D eigenvalue weighted by molar-refractivity contribution is 5.97. The summed E-state index contributed by atoms with van der Waals surface area (Å²) in [7, 11) is 0.847. The molecular weight excluding hydrogens is 130 g/mol. The van der Waals surface area contributed by atoms with E-state index in [-0.39, 0.29) is 0 Å². The van der Waals surface area contributed by atoms with Gasteiger partial charge in [-0.25, -0.2) is 0 Å². The van der Waals surface area contributed by atoms with Crippen LogP contribution in [0.3, 0.4) is 0 Å². The minimum absolute atomic E-state index is 0.551. The molecule has 0 spiro atoms. The molecule has 0 aromatic carbocycles. The fourth-order valence-corrected chi connectivity index (χ4v) is 1.51. The van der Waals surface area contributed by atoms with Crippen LogP contribution in [0.4, 0.5) is 0 Å². The molecule has 1 aliphatic heterocycles. The number of rotatable bonds is 2. The topological polar surface area (TPSA) is 21.3 Å². The van der Waals surface area contributed by atoms with Crippen molar-refractivity contribution in [2.24, 2.45) is 0 Å². The van der Waals surface area contributed by atoms with Gasteiger partial charge in [0.1, 0.15) is 10.5 Å². The molecule has 1 heterocycles. The Kier molecular flexibility index (Phi) is 2.30. The van der Waals surface area contributed by atoms with E-state index < -0.39 is 0 Å². The lowest BCUT2D eigenvalue weighted by Crippen LogP contribution is -2.25. The molecule has 0 aliphatic carbocycles. The average molecular weight is 143 g/mol. The third kappa shape index (κ3) is 1.84. The summed E-state index contributed by atoms with van der Waals surface area (Å²) >= 11 is 0. The standard InChI is InChI=1S/C6H13NOSi/c1-5-2-3-6(7-5)4-8-9/h6-7H,1-4H2,9H3. The minimum atomic E-state index is 0.551. The summed E-state index contributed by atoms with van der Waals surface area (Å²) in [6.07, 6.45) is 2.32. The van der Waals surface area contributed by atoms with Gasteiger partial charge in [-0.15, -0.1) is 0 Å². The van der Waals surface area contributed by atoms with Gasteiger partial charge in [-0.05, 0) is 12.8 Å². The lowest BCUT2D eigenvalue weighted by molar-refractivity contribution is 0.303. The molecule has 1 atom stereocenters. The third-order valence-corrected chi connectivity index (χ3v) is 1.90. The van der Waals surface area contributed by atoms with Crippen molar-refractivity contribution in [2.45, 2.75) is 18.9 Å². The van der Waals surface area contributed by atoms with Crippen molar-refractivity contribution in [3.8, 4) is 0 Å². The van der Waals surface area contributed by atoms with E-state index in [4.69, 9.17) is 4.43 Å². The van der Waals surface area contributed by atoms with Crippen LogP contribution in [-0.4, -0.2) is 23.1 Å². The summed E-state index contributed by atoms with van der Waals surface area (Å²) in [6, 6.07) is 0.551. The maximum Gasteiger partial charge on any atom is 0.146 e. The molecule has 3 heteroatoms. The molecule has 0 bridgehead atoms. The van der Waals surface area contributed by atoms with Crippen molar-refractivity contribution in [3.05, 3.63) is 12.3 Å². The first-order chi connectivity index (χ1) is 4.33. The van der Waals surface area contributed by atoms with Gasteiger partial charge in [-0.3, -0.25) is 0 Å². The quantitative estimate of drug-likeness (QED) is 0.529. The molecule has 0 radical (unpaired) electrons. The number of allylic oxidation sites excluding steroid dienone is 1. The van der Waals surface area contributed by atoms with Gasteiger partial charge in [-0.1, -0.05) is 6.58 Å². The predicted molar refractivity (Wildman–Crippen MR) is 41.2 cm³/mol. The van der Waals surface area contributed by atoms with Crippen LogP contribution in [-0.2, 0) is 4.43 Å². The van der Waals surface area contributed by atoms with E-state index in [1.807, 2.05) is 0 Å². The molecule has 1 fully saturated rings. The molecule has 1 unspecified atom stereocenters. The molecule has 52 valence electrons. The summed E-state index contributed by atoms with van der Waals surface area (Å²) in [5.74, 6) is 0. The third-order valence-electron chi connectivity index (χ3n) is 1.57. The van der Waals surface area contributed by atoms with Gasteiger partial charge in [0.05, 0.1) is 6.61 Å². The first kappa shape index (κ1) is 6.83. The van der Waals surface area contributed by atoms with Gasteiger partial charge in [0, 0.05) is 11.7 Å². The zero-order valence-corrected chi connectivity index (χ0v) is 7.81. The van der Waals surface area contributed by atoms with Gasteiger partial charge in [-0.2, -0.15) is 0 Å². The Bertz CT molecular complexity index is 116. The van der Waals surface area contributed by atoms with Crippen LogP contribution in [0.1, 0.15) is 12.8 Å². The van der Waals surface area contributed by atoms with Crippen LogP contribution in [0.15, 0.2) is 12.3 Å². The molecule has 2 nitrogen and oxygen atoms in total. The van der Waals surface area contributed by atoms with Crippen molar-refractivity contribution in [2.75, 3.05) is 6.61 Å². The van der Waals surface area contributed by atoms with Crippen LogP contribution in [0, 0.1) is 0 Å². The summed E-state index contributed by atoms with van der Waals surface area (Å²) in [5, 5.41) is 3.26. The maximum atomic E-state index is 5.11. The second kappa shape index (κ2) is 3.03. The van der Waals surface area contributed by atoms with Crippen molar-refractivity contribution in [3.63, 3.8) is 0 Å². The fourth-order valence-electron chi connectivity index (χ4n) is 1.11. The number of nitrogens with one attached hydrogen (secondary N) is 1. The smallest absolute Gasteiger partial charge is 0.146 e. The highest BCUT2D eigenvalue weighted by Crippen LogP contribution is 2.12. The Hall–Kier alpha value is -0.283. The SMILES string of the molecule is C=C1CCC(CO[SiH3])N1. The van der Waals surface area contributed by atoms with Gasteiger partial charge in [0.25, 0.3) is 0 Å². The predicted octanol–water partition coefficient (Wildman–Crippen LogP) is -0.451. The highest BCUT2D eigenvalue weighted by Gasteiger charge is 2.14. The Morgan fingerprint density at radius 2 is 2.67 bits per heavy atom. The molecule has 1 aliphatic rings. The monoisotopic (exact) mass is 143 g/mol. The second-order valence-corrected chi connectivity index (χ2v) is 3.02. The van der Waals surface area contributed by atoms with E-state index in [1.54, 1.807) is 0 Å². The molecule has 0 aromatic heterocycles. The zero-order valence-electron chi connectivity index (χ0n) is 5.81. The average Bonchev–Trinajstić information content (AvgIpc) is 2.17. The van der Waals surface area contributed by atoms with Gasteiger partial charge >= 0.3 is 0 Å². The lowest BCUT2D eigenvalue weighted by Gasteiger charge is -2.08. The molecular formula is C6H13NOSi. The summed E-state index contributed by atoms with van der Waals surface area (Å²) in [5.41, 5.74) is 1.17. The normalized spacial score (nSPS) is 26.7. The zero-order chi connectivity index (χ0) is 6.69. The molecule has 9 heavy (non-hydrogen) atoms. The van der Waals surface area contributed by atoms with Crippen molar-refractivity contribution < 1.29 is 4.43 Å². The molecule has 0 saturated carbocycles. The fraction of sp³-hybridized carbons (Fsp3) is 0.667. The van der Waals surface area contributed by atoms with Gasteiger partial charge in [0.2, 0.25) is 0 Å². The Morgan fingerprint density at radius 1 is 1.89 bits per heavy atom. The first-order valence-electron chi connectivity index (χ1n) is 3.26.